The van der Waals surface area contributed by atoms with Crippen LogP contribution in [0.5, 0.6) is 5.75 Å². The van der Waals surface area contributed by atoms with Crippen LogP contribution in [0, 0.1) is 5.41 Å². The van der Waals surface area contributed by atoms with Crippen molar-refractivity contribution in [3.05, 3.63) is 27.7 Å². The molecule has 0 saturated carbocycles. The summed E-state index contributed by atoms with van der Waals surface area (Å²) in [6.45, 7) is 10.8. The number of halogens is 2. The molecule has 1 aromatic rings. The van der Waals surface area contributed by atoms with Crippen molar-refractivity contribution >= 4 is 23.2 Å². The van der Waals surface area contributed by atoms with Gasteiger partial charge in [-0.25, -0.2) is 0 Å². The third-order valence-corrected chi connectivity index (χ3v) is 3.27. The summed E-state index contributed by atoms with van der Waals surface area (Å²) in [7, 11) is 0. The lowest BCUT2D eigenvalue weighted by molar-refractivity contribution is 0.284. The van der Waals surface area contributed by atoms with Crippen LogP contribution in [0.25, 0.3) is 0 Å². The van der Waals surface area contributed by atoms with Gasteiger partial charge in [0.2, 0.25) is 0 Å². The van der Waals surface area contributed by atoms with Crippen molar-refractivity contribution < 1.29 is 5.11 Å². The van der Waals surface area contributed by atoms with Crippen molar-refractivity contribution in [1.29, 1.82) is 0 Å². The number of benzene rings is 1. The predicted octanol–water partition coefficient (Wildman–Crippen LogP) is 5.41. The normalized spacial score (nSPS) is 12.9. The van der Waals surface area contributed by atoms with Crippen LogP contribution in [0.2, 0.25) is 10.0 Å². The molecule has 0 bridgehead atoms. The molecule has 0 saturated heterocycles. The van der Waals surface area contributed by atoms with Gasteiger partial charge >= 0.3 is 0 Å². The largest absolute Gasteiger partial charge is 0.508 e. The zero-order valence-electron chi connectivity index (χ0n) is 11.1. The van der Waals surface area contributed by atoms with Gasteiger partial charge in [0, 0.05) is 10.0 Å². The molecule has 0 amide bonds. The van der Waals surface area contributed by atoms with E-state index in [0.717, 1.165) is 12.0 Å². The topological polar surface area (TPSA) is 20.2 Å². The molecule has 0 unspecified atom stereocenters. The van der Waals surface area contributed by atoms with E-state index in [1.54, 1.807) is 12.1 Å². The monoisotopic (exact) mass is 274 g/mol. The summed E-state index contributed by atoms with van der Waals surface area (Å²) < 4.78 is 0. The van der Waals surface area contributed by atoms with Crippen LogP contribution < -0.4 is 0 Å². The van der Waals surface area contributed by atoms with Gasteiger partial charge in [0.15, 0.2) is 0 Å². The molecule has 1 nitrogen and oxygen atoms in total. The van der Waals surface area contributed by atoms with Crippen LogP contribution in [0.3, 0.4) is 0 Å². The van der Waals surface area contributed by atoms with Gasteiger partial charge in [0.1, 0.15) is 5.75 Å². The van der Waals surface area contributed by atoms with E-state index in [0.29, 0.717) is 10.0 Å². The lowest BCUT2D eigenvalue weighted by atomic mass is 9.72. The maximum atomic E-state index is 9.45. The number of rotatable bonds is 2. The zero-order valence-corrected chi connectivity index (χ0v) is 12.6. The molecule has 0 fully saturated rings. The average molecular weight is 275 g/mol. The van der Waals surface area contributed by atoms with Gasteiger partial charge in [0.05, 0.1) is 0 Å². The Morgan fingerprint density at radius 1 is 1.00 bits per heavy atom. The van der Waals surface area contributed by atoms with Crippen molar-refractivity contribution in [3.63, 3.8) is 0 Å². The minimum atomic E-state index is -0.125. The smallest absolute Gasteiger partial charge is 0.118 e. The lowest BCUT2D eigenvalue weighted by Gasteiger charge is -2.34. The van der Waals surface area contributed by atoms with Gasteiger partial charge in [-0.05, 0) is 34.9 Å². The van der Waals surface area contributed by atoms with Crippen molar-refractivity contribution in [2.24, 2.45) is 5.41 Å². The molecule has 0 heterocycles. The Morgan fingerprint density at radius 3 is 1.76 bits per heavy atom. The zero-order chi connectivity index (χ0) is 13.4. The van der Waals surface area contributed by atoms with E-state index in [9.17, 15) is 5.11 Å². The van der Waals surface area contributed by atoms with Crippen LogP contribution in [-0.4, -0.2) is 5.11 Å². The molecule has 0 aliphatic heterocycles. The van der Waals surface area contributed by atoms with E-state index in [1.165, 1.54) is 0 Å². The Labute approximate surface area is 114 Å². The second kappa shape index (κ2) is 4.70. The highest BCUT2D eigenvalue weighted by Gasteiger charge is 2.31. The Morgan fingerprint density at radius 2 is 1.41 bits per heavy atom. The van der Waals surface area contributed by atoms with Gasteiger partial charge < -0.3 is 5.11 Å². The van der Waals surface area contributed by atoms with Crippen LogP contribution in [0.1, 0.15) is 46.6 Å². The quantitative estimate of drug-likeness (QED) is 0.764. The molecule has 3 heteroatoms. The number of hydrogen-bond donors (Lipinski definition) is 1. The maximum absolute atomic E-state index is 9.45. The van der Waals surface area contributed by atoms with E-state index in [2.05, 4.69) is 34.6 Å². The third kappa shape index (κ3) is 3.79. The number of aromatic hydroxyl groups is 1. The van der Waals surface area contributed by atoms with Gasteiger partial charge in [-0.2, -0.15) is 0 Å². The molecule has 0 aromatic heterocycles. The van der Waals surface area contributed by atoms with Crippen molar-refractivity contribution in [3.8, 4) is 5.75 Å². The van der Waals surface area contributed by atoms with Gasteiger partial charge in [-0.3, -0.25) is 0 Å². The Bertz CT molecular complexity index is 394. The standard InChI is InChI=1S/C14H20Cl2O/c1-13(2,3)8-14(4,5)12-10(15)6-9(17)7-11(12)16/h6-7,17H,8H2,1-5H3. The Balaban J connectivity index is 3.24. The first kappa shape index (κ1) is 14.7. The molecule has 0 radical (unpaired) electrons. The fourth-order valence-electron chi connectivity index (χ4n) is 2.62. The number of hydrogen-bond acceptors (Lipinski definition) is 1. The van der Waals surface area contributed by atoms with E-state index in [4.69, 9.17) is 23.2 Å². The minimum absolute atomic E-state index is 0.107. The second-order valence-corrected chi connectivity index (χ2v) is 7.22. The van der Waals surface area contributed by atoms with Crippen LogP contribution >= 0.6 is 23.2 Å². The van der Waals surface area contributed by atoms with Crippen LogP contribution in [-0.2, 0) is 5.41 Å². The van der Waals surface area contributed by atoms with Crippen molar-refractivity contribution in [2.45, 2.75) is 46.5 Å². The molecule has 1 rings (SSSR count). The van der Waals surface area contributed by atoms with Gasteiger partial charge in [-0.1, -0.05) is 57.8 Å². The lowest BCUT2D eigenvalue weighted by Crippen LogP contribution is -2.25. The third-order valence-electron chi connectivity index (χ3n) is 2.68. The fraction of sp³-hybridized carbons (Fsp3) is 0.571. The van der Waals surface area contributed by atoms with E-state index < -0.39 is 0 Å². The summed E-state index contributed by atoms with van der Waals surface area (Å²) in [4.78, 5) is 0. The molecule has 17 heavy (non-hydrogen) atoms. The van der Waals surface area contributed by atoms with Gasteiger partial charge in [-0.15, -0.1) is 0 Å². The highest BCUT2D eigenvalue weighted by molar-refractivity contribution is 6.36. The molecule has 0 atom stereocenters. The average Bonchev–Trinajstić information content (AvgIpc) is 1.93. The molecular formula is C14H20Cl2O. The molecular weight excluding hydrogens is 255 g/mol. The van der Waals surface area contributed by atoms with Crippen molar-refractivity contribution in [1.82, 2.24) is 0 Å². The van der Waals surface area contributed by atoms with Crippen LogP contribution in [0.4, 0.5) is 0 Å². The molecule has 0 aliphatic carbocycles. The summed E-state index contributed by atoms with van der Waals surface area (Å²) in [5.41, 5.74) is 0.974. The molecule has 1 aromatic carbocycles. The maximum Gasteiger partial charge on any atom is 0.118 e. The van der Waals surface area contributed by atoms with E-state index in [-0.39, 0.29) is 16.6 Å². The Hall–Kier alpha value is -0.400. The predicted molar refractivity (Wildman–Crippen MR) is 75.2 cm³/mol. The Kier molecular flexibility index (Phi) is 4.05. The number of phenols is 1. The number of phenolic OH excluding ortho intramolecular Hbond substituents is 1. The summed E-state index contributed by atoms with van der Waals surface area (Å²) in [5, 5.41) is 10.5. The summed E-state index contributed by atoms with van der Waals surface area (Å²) in [6.07, 6.45) is 0.963. The molecule has 0 spiro atoms. The second-order valence-electron chi connectivity index (χ2n) is 6.41. The van der Waals surface area contributed by atoms with Gasteiger partial charge in [0.25, 0.3) is 0 Å². The van der Waals surface area contributed by atoms with Crippen molar-refractivity contribution in [2.75, 3.05) is 0 Å². The highest BCUT2D eigenvalue weighted by Crippen LogP contribution is 2.43. The molecule has 96 valence electrons. The summed E-state index contributed by atoms with van der Waals surface area (Å²) in [6, 6.07) is 3.10. The fourth-order valence-corrected chi connectivity index (χ4v) is 3.61. The highest BCUT2D eigenvalue weighted by atomic mass is 35.5. The minimum Gasteiger partial charge on any atom is -0.508 e. The summed E-state index contributed by atoms with van der Waals surface area (Å²) >= 11 is 12.4. The van der Waals surface area contributed by atoms with Crippen LogP contribution in [0.15, 0.2) is 12.1 Å². The SMILES string of the molecule is CC(C)(C)CC(C)(C)c1c(Cl)cc(O)cc1Cl. The van der Waals surface area contributed by atoms with E-state index in [1.807, 2.05) is 0 Å². The summed E-state index contributed by atoms with van der Waals surface area (Å²) in [5.74, 6) is 0.107. The molecule has 1 N–H and O–H groups in total. The molecule has 0 aliphatic rings. The first-order chi connectivity index (χ1) is 7.53. The first-order valence-electron chi connectivity index (χ1n) is 5.71. The first-order valence-corrected chi connectivity index (χ1v) is 6.47. The van der Waals surface area contributed by atoms with E-state index >= 15 is 0 Å².